The first-order chi connectivity index (χ1) is 9.54. The molecule has 106 valence electrons. The van der Waals surface area contributed by atoms with Crippen LogP contribution in [0.4, 0.5) is 8.78 Å². The summed E-state index contributed by atoms with van der Waals surface area (Å²) < 4.78 is 28.3. The van der Waals surface area contributed by atoms with Gasteiger partial charge in [0.1, 0.15) is 5.75 Å². The van der Waals surface area contributed by atoms with E-state index in [4.69, 9.17) is 0 Å². The molecule has 20 heavy (non-hydrogen) atoms. The standard InChI is InChI=1S/C15H15F2NO2/c1-10-2-5-12(18-9-10)8-14(19)11-3-6-13(7-4-11)20-15(16)17/h2-7,9,14-15,19H,8H2,1H3. The summed E-state index contributed by atoms with van der Waals surface area (Å²) in [4.78, 5) is 4.22. The van der Waals surface area contributed by atoms with Crippen LogP contribution >= 0.6 is 0 Å². The van der Waals surface area contributed by atoms with E-state index in [1.54, 1.807) is 18.3 Å². The van der Waals surface area contributed by atoms with E-state index in [9.17, 15) is 13.9 Å². The van der Waals surface area contributed by atoms with Crippen LogP contribution in [-0.4, -0.2) is 16.7 Å². The molecular formula is C15H15F2NO2. The molecule has 0 saturated heterocycles. The molecule has 1 atom stereocenters. The third kappa shape index (κ3) is 3.99. The van der Waals surface area contributed by atoms with Crippen LogP contribution in [0.1, 0.15) is 22.9 Å². The predicted octanol–water partition coefficient (Wildman–Crippen LogP) is 3.27. The third-order valence-electron chi connectivity index (χ3n) is 2.87. The zero-order chi connectivity index (χ0) is 14.5. The Hall–Kier alpha value is -2.01. The summed E-state index contributed by atoms with van der Waals surface area (Å²) in [7, 11) is 0. The maximum Gasteiger partial charge on any atom is 0.387 e. The Bertz CT molecular complexity index is 541. The first-order valence-corrected chi connectivity index (χ1v) is 6.19. The topological polar surface area (TPSA) is 42.4 Å². The van der Waals surface area contributed by atoms with Crippen LogP contribution in [-0.2, 0) is 6.42 Å². The summed E-state index contributed by atoms with van der Waals surface area (Å²) in [6.07, 6.45) is 1.38. The highest BCUT2D eigenvalue weighted by atomic mass is 19.3. The molecule has 1 N–H and O–H groups in total. The number of ether oxygens (including phenoxy) is 1. The first kappa shape index (κ1) is 14.4. The molecule has 0 saturated carbocycles. The number of pyridine rings is 1. The van der Waals surface area contributed by atoms with Gasteiger partial charge >= 0.3 is 6.61 Å². The highest BCUT2D eigenvalue weighted by Gasteiger charge is 2.10. The minimum Gasteiger partial charge on any atom is -0.435 e. The first-order valence-electron chi connectivity index (χ1n) is 6.19. The number of aryl methyl sites for hydroxylation is 1. The predicted molar refractivity (Wildman–Crippen MR) is 70.7 cm³/mol. The molecule has 1 heterocycles. The van der Waals surface area contributed by atoms with Crippen LogP contribution in [0.25, 0.3) is 0 Å². The minimum atomic E-state index is -2.84. The van der Waals surface area contributed by atoms with Crippen molar-refractivity contribution in [1.29, 1.82) is 0 Å². The molecular weight excluding hydrogens is 264 g/mol. The highest BCUT2D eigenvalue weighted by molar-refractivity contribution is 5.29. The van der Waals surface area contributed by atoms with Crippen molar-refractivity contribution in [2.75, 3.05) is 0 Å². The summed E-state index contributed by atoms with van der Waals surface area (Å²) in [5.74, 6) is 0.0735. The van der Waals surface area contributed by atoms with Gasteiger partial charge in [0.25, 0.3) is 0 Å². The Kier molecular flexibility index (Phi) is 4.63. The number of aliphatic hydroxyl groups is 1. The van der Waals surface area contributed by atoms with Gasteiger partial charge in [-0.3, -0.25) is 4.98 Å². The summed E-state index contributed by atoms with van der Waals surface area (Å²) in [6.45, 7) is -0.905. The number of hydrogen-bond acceptors (Lipinski definition) is 3. The number of nitrogens with zero attached hydrogens (tertiary/aromatic N) is 1. The molecule has 2 rings (SSSR count). The van der Waals surface area contributed by atoms with Crippen molar-refractivity contribution in [3.8, 4) is 5.75 Å². The SMILES string of the molecule is Cc1ccc(CC(O)c2ccc(OC(F)F)cc2)nc1. The molecule has 1 aromatic carbocycles. The molecule has 2 aromatic rings. The van der Waals surface area contributed by atoms with Gasteiger partial charge in [-0.05, 0) is 36.2 Å². The fourth-order valence-electron chi connectivity index (χ4n) is 1.81. The zero-order valence-electron chi connectivity index (χ0n) is 11.0. The number of aromatic nitrogens is 1. The number of rotatable bonds is 5. The lowest BCUT2D eigenvalue weighted by molar-refractivity contribution is -0.0498. The van der Waals surface area contributed by atoms with Gasteiger partial charge in [0.15, 0.2) is 0 Å². The molecule has 0 fully saturated rings. The lowest BCUT2D eigenvalue weighted by atomic mass is 10.0. The van der Waals surface area contributed by atoms with E-state index in [2.05, 4.69) is 9.72 Å². The van der Waals surface area contributed by atoms with Gasteiger partial charge in [-0.25, -0.2) is 0 Å². The van der Waals surface area contributed by atoms with Gasteiger partial charge in [0.2, 0.25) is 0 Å². The summed E-state index contributed by atoms with van der Waals surface area (Å²) >= 11 is 0. The third-order valence-corrected chi connectivity index (χ3v) is 2.87. The lowest BCUT2D eigenvalue weighted by Gasteiger charge is -2.11. The Morgan fingerprint density at radius 3 is 2.40 bits per heavy atom. The maximum atomic E-state index is 12.0. The minimum absolute atomic E-state index is 0.0735. The summed E-state index contributed by atoms with van der Waals surface area (Å²) in [5, 5.41) is 10.1. The second-order valence-corrected chi connectivity index (χ2v) is 4.49. The van der Waals surface area contributed by atoms with Crippen molar-refractivity contribution in [2.45, 2.75) is 26.1 Å². The van der Waals surface area contributed by atoms with Gasteiger partial charge in [-0.15, -0.1) is 0 Å². The summed E-state index contributed by atoms with van der Waals surface area (Å²) in [5.41, 5.74) is 2.46. The number of aliphatic hydroxyl groups excluding tert-OH is 1. The fourth-order valence-corrected chi connectivity index (χ4v) is 1.81. The van der Waals surface area contributed by atoms with E-state index in [0.717, 1.165) is 11.3 Å². The molecule has 3 nitrogen and oxygen atoms in total. The van der Waals surface area contributed by atoms with Crippen LogP contribution in [0.2, 0.25) is 0 Å². The van der Waals surface area contributed by atoms with E-state index in [-0.39, 0.29) is 5.75 Å². The molecule has 0 radical (unpaired) electrons. The number of benzene rings is 1. The van der Waals surface area contributed by atoms with Crippen LogP contribution in [0.5, 0.6) is 5.75 Å². The highest BCUT2D eigenvalue weighted by Crippen LogP contribution is 2.21. The van der Waals surface area contributed by atoms with Crippen LogP contribution in [0, 0.1) is 6.92 Å². The smallest absolute Gasteiger partial charge is 0.387 e. The lowest BCUT2D eigenvalue weighted by Crippen LogP contribution is -2.05. The zero-order valence-corrected chi connectivity index (χ0v) is 11.0. The van der Waals surface area contributed by atoms with Crippen LogP contribution in [0.15, 0.2) is 42.6 Å². The largest absolute Gasteiger partial charge is 0.435 e. The van der Waals surface area contributed by atoms with E-state index in [0.29, 0.717) is 12.0 Å². The van der Waals surface area contributed by atoms with E-state index >= 15 is 0 Å². The molecule has 1 unspecified atom stereocenters. The molecule has 0 amide bonds. The van der Waals surface area contributed by atoms with Crippen LogP contribution in [0.3, 0.4) is 0 Å². The second kappa shape index (κ2) is 6.43. The van der Waals surface area contributed by atoms with Gasteiger partial charge in [0.05, 0.1) is 6.10 Å². The van der Waals surface area contributed by atoms with Crippen molar-refractivity contribution in [3.63, 3.8) is 0 Å². The van der Waals surface area contributed by atoms with E-state index < -0.39 is 12.7 Å². The maximum absolute atomic E-state index is 12.0. The molecule has 0 aliphatic carbocycles. The van der Waals surface area contributed by atoms with Crippen molar-refractivity contribution in [1.82, 2.24) is 4.98 Å². The fraction of sp³-hybridized carbons (Fsp3) is 0.267. The molecule has 0 spiro atoms. The summed E-state index contributed by atoms with van der Waals surface area (Å²) in [6, 6.07) is 9.73. The monoisotopic (exact) mass is 279 g/mol. The Balaban J connectivity index is 2.01. The Morgan fingerprint density at radius 2 is 1.85 bits per heavy atom. The second-order valence-electron chi connectivity index (χ2n) is 4.49. The van der Waals surface area contributed by atoms with Gasteiger partial charge < -0.3 is 9.84 Å². The van der Waals surface area contributed by atoms with Crippen molar-refractivity contribution in [2.24, 2.45) is 0 Å². The molecule has 0 bridgehead atoms. The van der Waals surface area contributed by atoms with Gasteiger partial charge in [0, 0.05) is 18.3 Å². The Labute approximate surface area is 115 Å². The normalized spacial score (nSPS) is 12.4. The van der Waals surface area contributed by atoms with Crippen molar-refractivity contribution < 1.29 is 18.6 Å². The molecule has 5 heteroatoms. The van der Waals surface area contributed by atoms with Crippen LogP contribution < -0.4 is 4.74 Å². The molecule has 1 aromatic heterocycles. The Morgan fingerprint density at radius 1 is 1.15 bits per heavy atom. The van der Waals surface area contributed by atoms with E-state index in [1.165, 1.54) is 12.1 Å². The average Bonchev–Trinajstić information content (AvgIpc) is 2.41. The van der Waals surface area contributed by atoms with Crippen molar-refractivity contribution in [3.05, 3.63) is 59.4 Å². The van der Waals surface area contributed by atoms with E-state index in [1.807, 2.05) is 19.1 Å². The molecule has 0 aliphatic rings. The van der Waals surface area contributed by atoms with Gasteiger partial charge in [-0.1, -0.05) is 18.2 Å². The number of hydrogen-bond donors (Lipinski definition) is 1. The van der Waals surface area contributed by atoms with Crippen molar-refractivity contribution >= 4 is 0 Å². The number of alkyl halides is 2. The average molecular weight is 279 g/mol. The number of halogens is 2. The van der Waals surface area contributed by atoms with Gasteiger partial charge in [-0.2, -0.15) is 8.78 Å². The quantitative estimate of drug-likeness (QED) is 0.913. The molecule has 0 aliphatic heterocycles.